The molecule has 0 radical (unpaired) electrons. The van der Waals surface area contributed by atoms with Gasteiger partial charge in [-0.3, -0.25) is 0 Å². The molecule has 0 bridgehead atoms. The van der Waals surface area contributed by atoms with E-state index in [1.165, 1.54) is 7.11 Å². The lowest BCUT2D eigenvalue weighted by molar-refractivity contribution is 0.0596. The molecule has 2 rings (SSSR count). The van der Waals surface area contributed by atoms with Crippen LogP contribution in [0.25, 0.3) is 5.65 Å². The lowest BCUT2D eigenvalue weighted by Gasteiger charge is -1.95. The molecule has 2 aromatic heterocycles. The van der Waals surface area contributed by atoms with Crippen LogP contribution in [0.4, 0.5) is 0 Å². The van der Waals surface area contributed by atoms with E-state index in [0.717, 1.165) is 10.7 Å². The minimum Gasteiger partial charge on any atom is -0.464 e. The van der Waals surface area contributed by atoms with E-state index in [4.69, 9.17) is 5.21 Å². The van der Waals surface area contributed by atoms with Gasteiger partial charge in [0.1, 0.15) is 6.33 Å². The first kappa shape index (κ1) is 9.12. The Bertz CT molecular complexity index is 585. The van der Waals surface area contributed by atoms with E-state index < -0.39 is 11.7 Å². The van der Waals surface area contributed by atoms with Gasteiger partial charge < -0.3 is 9.94 Å². The zero-order chi connectivity index (χ0) is 11.0. The predicted molar refractivity (Wildman–Crippen MR) is 43.6 cm³/mol. The zero-order valence-corrected chi connectivity index (χ0v) is 7.49. The van der Waals surface area contributed by atoms with Crippen LogP contribution in [-0.2, 0) is 4.74 Å². The number of carbonyl (C=O) groups is 1. The third kappa shape index (κ3) is 1.21. The molecule has 0 aliphatic heterocycles. The van der Waals surface area contributed by atoms with Crippen molar-refractivity contribution in [3.05, 3.63) is 22.5 Å². The second-order valence-electron chi connectivity index (χ2n) is 2.54. The number of hydrogen-bond donors (Lipinski definition) is 1. The Morgan fingerprint density at radius 2 is 2.33 bits per heavy atom. The number of carbonyl (C=O) groups excluding carboxylic acids is 1. The van der Waals surface area contributed by atoms with Crippen molar-refractivity contribution < 1.29 is 14.7 Å². The number of imidazole rings is 1. The Balaban J connectivity index is 2.78. The Morgan fingerprint density at radius 1 is 1.60 bits per heavy atom. The van der Waals surface area contributed by atoms with Gasteiger partial charge in [-0.05, 0) is 10.1 Å². The van der Waals surface area contributed by atoms with Crippen molar-refractivity contribution in [2.75, 3.05) is 7.11 Å². The topological polar surface area (TPSA) is 112 Å². The van der Waals surface area contributed by atoms with Crippen LogP contribution in [0.15, 0.2) is 11.1 Å². The Labute approximate surface area is 81.5 Å². The maximum atomic E-state index is 11.2. The molecule has 2 aromatic rings. The van der Waals surface area contributed by atoms with Crippen molar-refractivity contribution in [3.8, 4) is 0 Å². The van der Waals surface area contributed by atoms with Gasteiger partial charge in [0, 0.05) is 0 Å². The van der Waals surface area contributed by atoms with Gasteiger partial charge in [0.25, 0.3) is 0 Å². The molecular weight excluding hydrogens is 206 g/mol. The van der Waals surface area contributed by atoms with Crippen molar-refractivity contribution in [1.82, 2.24) is 24.5 Å². The summed E-state index contributed by atoms with van der Waals surface area (Å²) in [7, 11) is 1.17. The van der Waals surface area contributed by atoms with Crippen LogP contribution in [0.2, 0.25) is 0 Å². The maximum Gasteiger partial charge on any atom is 0.387 e. The molecule has 9 heteroatoms. The number of aromatic nitrogens is 5. The Kier molecular flexibility index (Phi) is 1.85. The van der Waals surface area contributed by atoms with Gasteiger partial charge >= 0.3 is 11.7 Å². The maximum absolute atomic E-state index is 11.2. The molecule has 2 heterocycles. The summed E-state index contributed by atoms with van der Waals surface area (Å²) in [6, 6.07) is 0. The number of methoxy groups -OCH3 is 1. The first-order valence-electron chi connectivity index (χ1n) is 3.76. The fraction of sp³-hybridized carbons (Fsp3) is 0.167. The molecule has 0 spiro atoms. The predicted octanol–water partition coefficient (Wildman–Crippen LogP) is -1.69. The van der Waals surface area contributed by atoms with Crippen LogP contribution in [0.5, 0.6) is 0 Å². The van der Waals surface area contributed by atoms with Crippen molar-refractivity contribution in [2.45, 2.75) is 0 Å². The summed E-state index contributed by atoms with van der Waals surface area (Å²) < 4.78 is 5.29. The van der Waals surface area contributed by atoms with Gasteiger partial charge in [-0.1, -0.05) is 0 Å². The number of ether oxygens (including phenoxy) is 1. The minimum atomic E-state index is -0.873. The largest absolute Gasteiger partial charge is 0.464 e. The van der Waals surface area contributed by atoms with Gasteiger partial charge in [-0.2, -0.15) is 0 Å². The molecule has 0 aliphatic rings. The average molecular weight is 211 g/mol. The van der Waals surface area contributed by atoms with Crippen LogP contribution < -0.4 is 5.69 Å². The zero-order valence-electron chi connectivity index (χ0n) is 7.49. The summed E-state index contributed by atoms with van der Waals surface area (Å²) in [6.45, 7) is 0. The summed E-state index contributed by atoms with van der Waals surface area (Å²) >= 11 is 0. The van der Waals surface area contributed by atoms with Gasteiger partial charge in [0.05, 0.1) is 7.11 Å². The minimum absolute atomic E-state index is 0.0374. The average Bonchev–Trinajstić information content (AvgIpc) is 2.66. The van der Waals surface area contributed by atoms with Gasteiger partial charge in [0.15, 0.2) is 11.3 Å². The van der Waals surface area contributed by atoms with Crippen LogP contribution in [0.3, 0.4) is 0 Å². The fourth-order valence-corrected chi connectivity index (χ4v) is 1.04. The molecule has 0 atom stereocenters. The lowest BCUT2D eigenvalue weighted by Crippen LogP contribution is -2.28. The van der Waals surface area contributed by atoms with E-state index in [2.05, 4.69) is 20.0 Å². The molecule has 1 N–H and O–H groups in total. The molecule has 0 saturated carbocycles. The number of fused-ring (bicyclic) bond motifs is 1. The highest BCUT2D eigenvalue weighted by atomic mass is 16.5. The summed E-state index contributed by atoms with van der Waals surface area (Å²) in [5, 5.41) is 15.4. The normalized spacial score (nSPS) is 10.5. The first-order valence-corrected chi connectivity index (χ1v) is 3.76. The molecule has 0 amide bonds. The van der Waals surface area contributed by atoms with E-state index in [1.54, 1.807) is 0 Å². The third-order valence-corrected chi connectivity index (χ3v) is 1.72. The Morgan fingerprint density at radius 3 is 3.00 bits per heavy atom. The van der Waals surface area contributed by atoms with Gasteiger partial charge in [0.2, 0.25) is 0 Å². The Hall–Kier alpha value is -2.45. The standard InChI is InChI=1S/C6H5N5O4/c1-15-5(12)3-4-8-9-11(14)6(13)10(4)2-7-3/h2,14H,1H3. The van der Waals surface area contributed by atoms with Crippen LogP contribution in [0, 0.1) is 0 Å². The highest BCUT2D eigenvalue weighted by Crippen LogP contribution is 2.03. The summed E-state index contributed by atoms with van der Waals surface area (Å²) in [4.78, 5) is 26.0. The van der Waals surface area contributed by atoms with Crippen molar-refractivity contribution in [1.29, 1.82) is 0 Å². The fourth-order valence-electron chi connectivity index (χ4n) is 1.04. The first-order chi connectivity index (χ1) is 7.15. The molecule has 0 unspecified atom stereocenters. The van der Waals surface area contributed by atoms with Crippen molar-refractivity contribution >= 4 is 11.6 Å². The van der Waals surface area contributed by atoms with Gasteiger partial charge in [-0.15, -0.1) is 5.10 Å². The molecule has 0 aliphatic carbocycles. The number of rotatable bonds is 1. The van der Waals surface area contributed by atoms with Gasteiger partial charge in [-0.25, -0.2) is 19.0 Å². The smallest absolute Gasteiger partial charge is 0.387 e. The van der Waals surface area contributed by atoms with Crippen molar-refractivity contribution in [3.63, 3.8) is 0 Å². The van der Waals surface area contributed by atoms with Crippen LogP contribution >= 0.6 is 0 Å². The second-order valence-corrected chi connectivity index (χ2v) is 2.54. The summed E-state index contributed by atoms with van der Waals surface area (Å²) in [5.41, 5.74) is -1.08. The molecule has 0 aromatic carbocycles. The number of esters is 1. The molecule has 0 saturated heterocycles. The van der Waals surface area contributed by atoms with E-state index in [0.29, 0.717) is 0 Å². The highest BCUT2D eigenvalue weighted by Gasteiger charge is 2.17. The van der Waals surface area contributed by atoms with Crippen LogP contribution in [-0.4, -0.2) is 42.8 Å². The van der Waals surface area contributed by atoms with E-state index in [-0.39, 0.29) is 16.2 Å². The molecule has 9 nitrogen and oxygen atoms in total. The highest BCUT2D eigenvalue weighted by molar-refractivity contribution is 5.93. The third-order valence-electron chi connectivity index (χ3n) is 1.72. The summed E-state index contributed by atoms with van der Waals surface area (Å²) in [5.74, 6) is -0.734. The molecule has 78 valence electrons. The second kappa shape index (κ2) is 3.04. The van der Waals surface area contributed by atoms with Crippen LogP contribution in [0.1, 0.15) is 10.5 Å². The number of nitrogens with zero attached hydrogens (tertiary/aromatic N) is 5. The molecule has 15 heavy (non-hydrogen) atoms. The quantitative estimate of drug-likeness (QED) is 0.442. The number of hydrogen-bond acceptors (Lipinski definition) is 7. The van der Waals surface area contributed by atoms with E-state index in [9.17, 15) is 9.59 Å². The van der Waals surface area contributed by atoms with E-state index >= 15 is 0 Å². The van der Waals surface area contributed by atoms with Crippen molar-refractivity contribution in [2.24, 2.45) is 0 Å². The molecular formula is C6H5N5O4. The lowest BCUT2D eigenvalue weighted by atomic mass is 10.5. The summed E-state index contributed by atoms with van der Waals surface area (Å²) in [6.07, 6.45) is 1.05. The molecule has 0 fully saturated rings. The van der Waals surface area contributed by atoms with E-state index in [1.807, 2.05) is 0 Å². The SMILES string of the molecule is COC(=O)c1ncn2c(=O)n(O)nnc12. The monoisotopic (exact) mass is 211 g/mol.